The van der Waals surface area contributed by atoms with Crippen LogP contribution in [0.4, 0.5) is 0 Å². The minimum absolute atomic E-state index is 2.25. The van der Waals surface area contributed by atoms with Gasteiger partial charge in [0.05, 0.1) is 0 Å². The Morgan fingerprint density at radius 2 is 2.33 bits per heavy atom. The largest absolute Gasteiger partial charge is 0.303 e. The van der Waals surface area contributed by atoms with Crippen LogP contribution in [0.1, 0.15) is 67.0 Å². The molecule has 0 aromatic rings. The molecule has 0 saturated carbocycles. The first-order valence-corrected chi connectivity index (χ1v) is 1.95. The summed E-state index contributed by atoms with van der Waals surface area (Å²) >= 11 is 0. The van der Waals surface area contributed by atoms with Gasteiger partial charge in [0.25, 0.3) is 0 Å². The predicted octanol–water partition coefficient (Wildman–Crippen LogP) is 2.55. The molecule has 54 valence electrons. The first-order valence-electron chi connectivity index (χ1n) is 9.95. The summed E-state index contributed by atoms with van der Waals surface area (Å²) < 4.78 is 117. The topological polar surface area (TPSA) is 17.1 Å². The lowest BCUT2D eigenvalue weighted by molar-refractivity contribution is -0.107. The minimum Gasteiger partial charge on any atom is -0.303 e. The van der Waals surface area contributed by atoms with Gasteiger partial charge < -0.3 is 4.79 Å². The zero-order valence-electron chi connectivity index (χ0n) is 20.4. The Bertz CT molecular complexity index is 527. The third-order valence-electron chi connectivity index (χ3n) is 0.364. The number of rotatable bonds is 6. The summed E-state index contributed by atoms with van der Waals surface area (Å²) in [6, 6.07) is 0. The summed E-state index contributed by atoms with van der Waals surface area (Å²) in [6.07, 6.45) is -27.0. The second kappa shape index (κ2) is 7.67. The molecule has 0 rings (SSSR count). The van der Waals surface area contributed by atoms with E-state index in [2.05, 4.69) is 0 Å². The minimum atomic E-state index is -4.26. The second-order valence-electron chi connectivity index (χ2n) is 0.852. The molecular weight excluding hydrogens is 112 g/mol. The van der Waals surface area contributed by atoms with Crippen molar-refractivity contribution in [2.45, 2.75) is 45.1 Å². The Hall–Kier alpha value is -0.330. The molecule has 0 heterocycles. The quantitative estimate of drug-likeness (QED) is 0.524. The summed E-state index contributed by atoms with van der Waals surface area (Å²) in [5, 5.41) is 0. The molecular formula is C8H16O. The molecule has 9 heavy (non-hydrogen) atoms. The van der Waals surface area contributed by atoms with Crippen molar-refractivity contribution in [3.8, 4) is 0 Å². The fourth-order valence-electron chi connectivity index (χ4n) is 0.151. The van der Waals surface area contributed by atoms with Crippen molar-refractivity contribution in [3.05, 3.63) is 0 Å². The van der Waals surface area contributed by atoms with Gasteiger partial charge in [-0.2, -0.15) is 0 Å². The number of hydrogen-bond donors (Lipinski definition) is 0. The van der Waals surface area contributed by atoms with Gasteiger partial charge in [-0.15, -0.1) is 0 Å². The number of carbonyl (C=O) groups excluding carboxylic acids is 1. The molecule has 1 nitrogen and oxygen atoms in total. The Kier molecular flexibility index (Phi) is 0.776. The maximum Gasteiger partial charge on any atom is 0.119 e. The highest BCUT2D eigenvalue weighted by molar-refractivity contribution is 5.48. The fraction of sp³-hybridized carbons (Fsp3) is 0.875. The van der Waals surface area contributed by atoms with Crippen LogP contribution in [0.15, 0.2) is 0 Å². The van der Waals surface area contributed by atoms with E-state index in [0.717, 1.165) is 0 Å². The molecule has 0 atom stereocenters. The number of carbonyl (C=O) groups is 1. The third-order valence-corrected chi connectivity index (χ3v) is 0.364. The van der Waals surface area contributed by atoms with Crippen LogP contribution < -0.4 is 0 Å². The van der Waals surface area contributed by atoms with E-state index in [1.165, 1.54) is 0 Å². The monoisotopic (exact) mass is 144 g/mol. The third kappa shape index (κ3) is 7.67. The average Bonchev–Trinajstić information content (AvgIpc) is 2.35. The highest BCUT2D eigenvalue weighted by Crippen LogP contribution is 2.02. The van der Waals surface area contributed by atoms with Crippen LogP contribution in [0.5, 0.6) is 0 Å². The number of aldehydes is 1. The van der Waals surface area contributed by atoms with Crippen molar-refractivity contribution in [1.82, 2.24) is 0 Å². The maximum absolute atomic E-state index is 11.0. The van der Waals surface area contributed by atoms with Gasteiger partial charge in [-0.1, -0.05) is 32.3 Å². The summed E-state index contributed by atoms with van der Waals surface area (Å²) in [7, 11) is 0. The molecule has 0 saturated heterocycles. The average molecular weight is 144 g/mol. The molecule has 0 N–H and O–H groups in total. The van der Waals surface area contributed by atoms with Crippen molar-refractivity contribution < 1.29 is 26.7 Å². The summed E-state index contributed by atoms with van der Waals surface area (Å²) in [5.74, 6) is 0. The van der Waals surface area contributed by atoms with Crippen LogP contribution in [0.25, 0.3) is 0 Å². The van der Waals surface area contributed by atoms with E-state index in [-0.39, 0.29) is 0 Å². The van der Waals surface area contributed by atoms with Gasteiger partial charge in [-0.3, -0.25) is 0 Å². The van der Waals surface area contributed by atoms with Crippen LogP contribution >= 0.6 is 0 Å². The molecule has 0 fully saturated rings. The normalized spacial score (nSPS) is 46.7. The van der Waals surface area contributed by atoms with Crippen molar-refractivity contribution >= 4 is 6.26 Å². The Morgan fingerprint density at radius 3 is 3.00 bits per heavy atom. The van der Waals surface area contributed by atoms with Gasteiger partial charge in [0.2, 0.25) is 0 Å². The van der Waals surface area contributed by atoms with E-state index in [9.17, 15) is 4.79 Å². The molecule has 0 aromatic heterocycles. The molecule has 0 unspecified atom stereocenters. The van der Waals surface area contributed by atoms with E-state index in [1.54, 1.807) is 0 Å². The highest BCUT2D eigenvalue weighted by atomic mass is 16.1. The van der Waals surface area contributed by atoms with Gasteiger partial charge >= 0.3 is 0 Å². The van der Waals surface area contributed by atoms with Crippen LogP contribution in [0, 0.1) is 0 Å². The molecule has 1 heteroatoms. The van der Waals surface area contributed by atoms with E-state index < -0.39 is 51.4 Å². The van der Waals surface area contributed by atoms with Crippen LogP contribution in [0.3, 0.4) is 0 Å². The lowest BCUT2D eigenvalue weighted by atomic mass is 10.1. The van der Waals surface area contributed by atoms with Crippen molar-refractivity contribution in [1.29, 1.82) is 0 Å². The Balaban J connectivity index is 6.55. The second-order valence-corrected chi connectivity index (χ2v) is 0.852. The SMILES string of the molecule is [2H]C(=O)C([2H])([2H])C([2H])([2H])C([2H])([2H])C([2H])([2H])C([2H])([2H])C([2H])([2H])C([2H])([2H])[2H]. The van der Waals surface area contributed by atoms with E-state index >= 15 is 0 Å². The molecule has 0 amide bonds. The Morgan fingerprint density at radius 1 is 1.56 bits per heavy atom. The molecule has 0 aromatic carbocycles. The van der Waals surface area contributed by atoms with Crippen molar-refractivity contribution in [3.63, 3.8) is 0 Å². The Labute approximate surface area is 79.9 Å². The zero-order chi connectivity index (χ0) is 21.1. The summed E-state index contributed by atoms with van der Waals surface area (Å²) in [4.78, 5) is 11.0. The van der Waals surface area contributed by atoms with Gasteiger partial charge in [0.15, 0.2) is 0 Å². The number of hydrogen-bond acceptors (Lipinski definition) is 1. The molecule has 0 spiro atoms. The lowest BCUT2D eigenvalue weighted by Crippen LogP contribution is -1.78. The fourth-order valence-corrected chi connectivity index (χ4v) is 0.151. The van der Waals surface area contributed by atoms with E-state index in [0.29, 0.717) is 0 Å². The van der Waals surface area contributed by atoms with Crippen LogP contribution in [-0.4, -0.2) is 6.26 Å². The maximum atomic E-state index is 11.0. The molecule has 0 radical (unpaired) electrons. The van der Waals surface area contributed by atoms with Gasteiger partial charge in [-0.25, -0.2) is 0 Å². The molecule has 0 bridgehead atoms. The molecule has 0 aliphatic carbocycles. The molecule has 0 aliphatic rings. The molecule has 0 aliphatic heterocycles. The highest BCUT2D eigenvalue weighted by Gasteiger charge is 1.85. The predicted molar refractivity (Wildman–Crippen MR) is 39.4 cm³/mol. The lowest BCUT2D eigenvalue weighted by Gasteiger charge is -1.93. The first kappa shape index (κ1) is 0.910. The summed E-state index contributed by atoms with van der Waals surface area (Å²) in [6.45, 7) is -3.77. The van der Waals surface area contributed by atoms with Gasteiger partial charge in [0.1, 0.15) is 7.63 Å². The van der Waals surface area contributed by atoms with Crippen LogP contribution in [0.2, 0.25) is 0 Å². The summed E-state index contributed by atoms with van der Waals surface area (Å²) in [5.41, 5.74) is 0. The first-order chi connectivity index (χ1) is 10.4. The van der Waals surface area contributed by atoms with E-state index in [4.69, 9.17) is 21.9 Å². The van der Waals surface area contributed by atoms with Crippen molar-refractivity contribution in [2.24, 2.45) is 0 Å². The van der Waals surface area contributed by atoms with E-state index in [1.807, 2.05) is 0 Å². The zero-order valence-corrected chi connectivity index (χ0v) is 4.41. The van der Waals surface area contributed by atoms with Gasteiger partial charge in [-0.05, 0) is 6.37 Å². The standard InChI is InChI=1S/C8H16O/c1-2-3-4-5-6-7-8-9/h8H,2-7H2,1H3/i1D3,2D2,3D2,4D2,5D2,6D2,7D2,8D. The van der Waals surface area contributed by atoms with Crippen molar-refractivity contribution in [2.75, 3.05) is 0 Å². The smallest absolute Gasteiger partial charge is 0.119 e. The van der Waals surface area contributed by atoms with Crippen LogP contribution in [-0.2, 0) is 4.79 Å². The van der Waals surface area contributed by atoms with Gasteiger partial charge in [0, 0.05) is 26.9 Å².